The molecule has 1 aromatic carbocycles. The summed E-state index contributed by atoms with van der Waals surface area (Å²) in [5.41, 5.74) is 1.29. The first-order chi connectivity index (χ1) is 13.6. The molecule has 2 rings (SSSR count). The monoisotopic (exact) mass is 515 g/mol. The Bertz CT molecular complexity index is 600. The lowest BCUT2D eigenvalue weighted by Crippen LogP contribution is -2.49. The number of benzene rings is 1. The Morgan fingerprint density at radius 1 is 1.21 bits per heavy atom. The number of hydrogen-bond donors (Lipinski definition) is 2. The predicted molar refractivity (Wildman–Crippen MR) is 132 cm³/mol. The van der Waals surface area contributed by atoms with Crippen LogP contribution in [0.1, 0.15) is 38.2 Å². The molecule has 6 nitrogen and oxygen atoms in total. The quantitative estimate of drug-likeness (QED) is 0.302. The molecule has 0 radical (unpaired) electrons. The number of carbonyl (C=O) groups is 1. The van der Waals surface area contributed by atoms with Gasteiger partial charge in [-0.15, -0.1) is 24.0 Å². The van der Waals surface area contributed by atoms with E-state index in [0.717, 1.165) is 44.9 Å². The smallest absolute Gasteiger partial charge is 0.243 e. The maximum Gasteiger partial charge on any atom is 0.243 e. The van der Waals surface area contributed by atoms with Crippen LogP contribution in [-0.4, -0.2) is 74.5 Å². The van der Waals surface area contributed by atoms with Crippen LogP contribution in [0.15, 0.2) is 35.3 Å². The van der Waals surface area contributed by atoms with E-state index in [2.05, 4.69) is 51.7 Å². The van der Waals surface area contributed by atoms with Gasteiger partial charge in [-0.25, -0.2) is 4.99 Å². The third kappa shape index (κ3) is 10.3. The van der Waals surface area contributed by atoms with E-state index in [0.29, 0.717) is 6.04 Å². The van der Waals surface area contributed by atoms with Gasteiger partial charge in [-0.05, 0) is 37.8 Å². The second-order valence-electron chi connectivity index (χ2n) is 7.73. The van der Waals surface area contributed by atoms with Crippen molar-refractivity contribution in [3.63, 3.8) is 0 Å². The highest BCUT2D eigenvalue weighted by Crippen LogP contribution is 2.11. The number of aliphatic imine (C=N–C) groups is 1. The summed E-state index contributed by atoms with van der Waals surface area (Å²) in [6.07, 6.45) is 5.69. The van der Waals surface area contributed by atoms with Gasteiger partial charge in [0.25, 0.3) is 0 Å². The lowest BCUT2D eigenvalue weighted by atomic mass is 10.0. The summed E-state index contributed by atoms with van der Waals surface area (Å²) >= 11 is 0. The van der Waals surface area contributed by atoms with Crippen molar-refractivity contribution in [2.75, 3.05) is 46.8 Å². The van der Waals surface area contributed by atoms with E-state index in [1.807, 2.05) is 6.07 Å². The third-order valence-electron chi connectivity index (χ3n) is 5.18. The van der Waals surface area contributed by atoms with Crippen molar-refractivity contribution >= 4 is 35.8 Å². The normalized spacial score (nSPS) is 15.5. The number of unbranched alkanes of at least 4 members (excludes halogenated alkanes) is 1. The second kappa shape index (κ2) is 14.6. The number of carbonyl (C=O) groups excluding carboxylic acids is 1. The first-order valence-electron chi connectivity index (χ1n) is 10.6. The molecule has 0 spiro atoms. The molecule has 1 heterocycles. The molecule has 1 saturated heterocycles. The Kier molecular flexibility index (Phi) is 12.9. The fourth-order valence-corrected chi connectivity index (χ4v) is 3.29. The van der Waals surface area contributed by atoms with Gasteiger partial charge < -0.3 is 20.4 Å². The van der Waals surface area contributed by atoms with E-state index in [4.69, 9.17) is 0 Å². The highest BCUT2D eigenvalue weighted by molar-refractivity contribution is 14.0. The number of likely N-dealkylation sites (tertiary alicyclic amines) is 1. The topological polar surface area (TPSA) is 60.0 Å². The van der Waals surface area contributed by atoms with Crippen molar-refractivity contribution in [1.82, 2.24) is 20.4 Å². The van der Waals surface area contributed by atoms with Crippen LogP contribution in [0.5, 0.6) is 0 Å². The molecule has 1 amide bonds. The average molecular weight is 515 g/mol. The Labute approximate surface area is 193 Å². The molecule has 1 aliphatic rings. The molecule has 0 unspecified atom stereocenters. The molecule has 0 atom stereocenters. The molecule has 0 aromatic heterocycles. The summed E-state index contributed by atoms with van der Waals surface area (Å²) in [6.45, 7) is 6.67. The number of nitrogens with zero attached hydrogens (tertiary/aromatic N) is 3. The number of rotatable bonds is 9. The van der Waals surface area contributed by atoms with Gasteiger partial charge in [0.15, 0.2) is 5.96 Å². The number of amides is 1. The Balaban J connectivity index is 0.00000420. The molecular weight excluding hydrogens is 477 g/mol. The van der Waals surface area contributed by atoms with Crippen LogP contribution in [0.4, 0.5) is 0 Å². The van der Waals surface area contributed by atoms with Gasteiger partial charge >= 0.3 is 0 Å². The van der Waals surface area contributed by atoms with E-state index in [1.54, 1.807) is 19.0 Å². The van der Waals surface area contributed by atoms with Crippen molar-refractivity contribution in [2.24, 2.45) is 4.99 Å². The molecule has 1 fully saturated rings. The van der Waals surface area contributed by atoms with Crippen LogP contribution in [0.3, 0.4) is 0 Å². The van der Waals surface area contributed by atoms with E-state index in [9.17, 15) is 4.79 Å². The van der Waals surface area contributed by atoms with Crippen LogP contribution >= 0.6 is 24.0 Å². The van der Waals surface area contributed by atoms with E-state index < -0.39 is 0 Å². The van der Waals surface area contributed by atoms with Gasteiger partial charge in [-0.2, -0.15) is 0 Å². The summed E-state index contributed by atoms with van der Waals surface area (Å²) in [5, 5.41) is 6.96. The minimum absolute atomic E-state index is 0. The van der Waals surface area contributed by atoms with Crippen molar-refractivity contribution in [3.05, 3.63) is 35.9 Å². The number of halogens is 1. The highest BCUT2D eigenvalue weighted by atomic mass is 127. The minimum Gasteiger partial charge on any atom is -0.356 e. The summed E-state index contributed by atoms with van der Waals surface area (Å²) in [5.74, 6) is 0.761. The fourth-order valence-electron chi connectivity index (χ4n) is 3.29. The van der Waals surface area contributed by atoms with Gasteiger partial charge in [0.1, 0.15) is 6.54 Å². The van der Waals surface area contributed by atoms with Crippen molar-refractivity contribution < 1.29 is 4.79 Å². The number of hydrogen-bond acceptors (Lipinski definition) is 3. The SMILES string of the molecule is CCCCN1CCC(NC(=NCC(=O)N(C)C)NCCc2ccccc2)CC1.I. The van der Waals surface area contributed by atoms with Crippen molar-refractivity contribution in [2.45, 2.75) is 45.1 Å². The molecule has 0 saturated carbocycles. The molecule has 29 heavy (non-hydrogen) atoms. The fraction of sp³-hybridized carbons (Fsp3) is 0.636. The summed E-state index contributed by atoms with van der Waals surface area (Å²) in [6, 6.07) is 10.8. The Morgan fingerprint density at radius 2 is 1.90 bits per heavy atom. The second-order valence-corrected chi connectivity index (χ2v) is 7.73. The van der Waals surface area contributed by atoms with Gasteiger partial charge in [-0.3, -0.25) is 4.79 Å². The van der Waals surface area contributed by atoms with Crippen LogP contribution in [-0.2, 0) is 11.2 Å². The molecule has 1 aliphatic heterocycles. The van der Waals surface area contributed by atoms with Gasteiger partial charge in [0.05, 0.1) is 0 Å². The number of nitrogens with one attached hydrogen (secondary N) is 2. The van der Waals surface area contributed by atoms with E-state index >= 15 is 0 Å². The van der Waals surface area contributed by atoms with E-state index in [1.165, 1.54) is 24.9 Å². The molecule has 0 aliphatic carbocycles. The van der Waals surface area contributed by atoms with Gasteiger partial charge in [0, 0.05) is 39.8 Å². The number of piperidine rings is 1. The zero-order chi connectivity index (χ0) is 20.2. The average Bonchev–Trinajstić information content (AvgIpc) is 2.71. The van der Waals surface area contributed by atoms with Crippen LogP contribution in [0.25, 0.3) is 0 Å². The molecule has 7 heteroatoms. The Hall–Kier alpha value is -1.35. The zero-order valence-electron chi connectivity index (χ0n) is 18.2. The maximum absolute atomic E-state index is 11.9. The standard InChI is InChI=1S/C22H37N5O.HI/c1-4-5-15-27-16-12-20(13-17-27)25-22(24-18-21(28)26(2)3)23-14-11-19-9-7-6-8-10-19;/h6-10,20H,4-5,11-18H2,1-3H3,(H2,23,24,25);1H. The maximum atomic E-state index is 11.9. The minimum atomic E-state index is 0. The predicted octanol–water partition coefficient (Wildman–Crippen LogP) is 2.74. The summed E-state index contributed by atoms with van der Waals surface area (Å²) in [4.78, 5) is 20.6. The first-order valence-corrected chi connectivity index (χ1v) is 10.6. The van der Waals surface area contributed by atoms with E-state index in [-0.39, 0.29) is 36.4 Å². The highest BCUT2D eigenvalue weighted by Gasteiger charge is 2.19. The summed E-state index contributed by atoms with van der Waals surface area (Å²) in [7, 11) is 3.53. The third-order valence-corrected chi connectivity index (χ3v) is 5.18. The molecular formula is C22H38IN5O. The lowest BCUT2D eigenvalue weighted by Gasteiger charge is -2.33. The molecule has 1 aromatic rings. The molecule has 164 valence electrons. The molecule has 2 N–H and O–H groups in total. The van der Waals surface area contributed by atoms with Crippen LogP contribution in [0, 0.1) is 0 Å². The van der Waals surface area contributed by atoms with Gasteiger partial charge in [0.2, 0.25) is 5.91 Å². The molecule has 0 bridgehead atoms. The van der Waals surface area contributed by atoms with Crippen LogP contribution in [0.2, 0.25) is 0 Å². The van der Waals surface area contributed by atoms with Gasteiger partial charge in [-0.1, -0.05) is 43.7 Å². The largest absolute Gasteiger partial charge is 0.356 e. The van der Waals surface area contributed by atoms with Crippen molar-refractivity contribution in [3.8, 4) is 0 Å². The summed E-state index contributed by atoms with van der Waals surface area (Å²) < 4.78 is 0. The van der Waals surface area contributed by atoms with Crippen molar-refractivity contribution in [1.29, 1.82) is 0 Å². The Morgan fingerprint density at radius 3 is 2.52 bits per heavy atom. The van der Waals surface area contributed by atoms with Crippen LogP contribution < -0.4 is 10.6 Å². The number of guanidine groups is 1. The number of likely N-dealkylation sites (N-methyl/N-ethyl adjacent to an activating group) is 1. The lowest BCUT2D eigenvalue weighted by molar-refractivity contribution is -0.127. The first kappa shape index (κ1) is 25.7. The zero-order valence-corrected chi connectivity index (χ0v) is 20.5.